The molecular weight excluding hydrogens is 246 g/mol. The van der Waals surface area contributed by atoms with Crippen molar-refractivity contribution in [1.29, 1.82) is 0 Å². The van der Waals surface area contributed by atoms with E-state index in [9.17, 15) is 0 Å². The van der Waals surface area contributed by atoms with Crippen molar-refractivity contribution in [2.75, 3.05) is 13.2 Å². The first-order valence-corrected chi connectivity index (χ1v) is 8.14. The summed E-state index contributed by atoms with van der Waals surface area (Å²) in [5, 5.41) is 3.59. The van der Waals surface area contributed by atoms with Crippen LogP contribution in [0.4, 0.5) is 0 Å². The maximum Gasteiger partial charge on any atom is 0.122 e. The number of rotatable bonds is 10. The number of benzene rings is 1. The number of hydrogen-bond acceptors (Lipinski definition) is 2. The van der Waals surface area contributed by atoms with E-state index in [-0.39, 0.29) is 0 Å². The van der Waals surface area contributed by atoms with Crippen LogP contribution < -0.4 is 10.1 Å². The minimum atomic E-state index is 0.515. The van der Waals surface area contributed by atoms with Crippen LogP contribution in [0.15, 0.2) is 24.3 Å². The molecule has 0 aromatic heterocycles. The molecule has 1 rings (SSSR count). The standard InChI is InChI=1S/C18H31NO/c1-5-13-19-16(6-2)10-9-14-20-18-12-8-7-11-17(18)15(3)4/h7-8,11-12,15-16,19H,5-6,9-10,13-14H2,1-4H3. The molecule has 0 aliphatic heterocycles. The van der Waals surface area contributed by atoms with Gasteiger partial charge in [0.15, 0.2) is 0 Å². The van der Waals surface area contributed by atoms with Gasteiger partial charge in [-0.2, -0.15) is 0 Å². The Labute approximate surface area is 124 Å². The molecule has 1 unspecified atom stereocenters. The maximum atomic E-state index is 5.97. The van der Waals surface area contributed by atoms with Gasteiger partial charge in [0.2, 0.25) is 0 Å². The smallest absolute Gasteiger partial charge is 0.122 e. The molecule has 0 saturated heterocycles. The lowest BCUT2D eigenvalue weighted by Crippen LogP contribution is -2.29. The Bertz CT molecular complexity index is 362. The van der Waals surface area contributed by atoms with Crippen molar-refractivity contribution in [2.45, 2.75) is 65.3 Å². The molecule has 0 amide bonds. The van der Waals surface area contributed by atoms with Crippen molar-refractivity contribution >= 4 is 0 Å². The largest absolute Gasteiger partial charge is 0.493 e. The Morgan fingerprint density at radius 1 is 1.15 bits per heavy atom. The monoisotopic (exact) mass is 277 g/mol. The Balaban J connectivity index is 2.33. The summed E-state index contributed by atoms with van der Waals surface area (Å²) in [5.74, 6) is 1.57. The lowest BCUT2D eigenvalue weighted by molar-refractivity contribution is 0.291. The van der Waals surface area contributed by atoms with Crippen LogP contribution in [0.3, 0.4) is 0 Å². The number of hydrogen-bond donors (Lipinski definition) is 1. The summed E-state index contributed by atoms with van der Waals surface area (Å²) in [6.07, 6.45) is 4.71. The Morgan fingerprint density at radius 3 is 2.55 bits per heavy atom. The summed E-state index contributed by atoms with van der Waals surface area (Å²) in [4.78, 5) is 0. The lowest BCUT2D eigenvalue weighted by atomic mass is 10.0. The van der Waals surface area contributed by atoms with Gasteiger partial charge in [-0.3, -0.25) is 0 Å². The number of ether oxygens (including phenoxy) is 1. The zero-order valence-corrected chi connectivity index (χ0v) is 13.6. The third-order valence-electron chi connectivity index (χ3n) is 3.67. The average Bonchev–Trinajstić information content (AvgIpc) is 2.46. The van der Waals surface area contributed by atoms with Crippen LogP contribution in [0.25, 0.3) is 0 Å². The van der Waals surface area contributed by atoms with Crippen LogP contribution in [0.1, 0.15) is 64.9 Å². The van der Waals surface area contributed by atoms with E-state index in [4.69, 9.17) is 4.74 Å². The normalized spacial score (nSPS) is 12.7. The van der Waals surface area contributed by atoms with E-state index in [1.165, 1.54) is 24.8 Å². The fraction of sp³-hybridized carbons (Fsp3) is 0.667. The molecule has 1 aromatic carbocycles. The minimum Gasteiger partial charge on any atom is -0.493 e. The average molecular weight is 277 g/mol. The first kappa shape index (κ1) is 17.0. The Morgan fingerprint density at radius 2 is 1.90 bits per heavy atom. The molecule has 0 radical (unpaired) electrons. The summed E-state index contributed by atoms with van der Waals surface area (Å²) in [7, 11) is 0. The predicted octanol–water partition coefficient (Wildman–Crippen LogP) is 4.75. The van der Waals surface area contributed by atoms with Gasteiger partial charge in [0.25, 0.3) is 0 Å². The molecule has 2 heteroatoms. The second kappa shape index (κ2) is 9.82. The number of nitrogens with one attached hydrogen (secondary N) is 1. The van der Waals surface area contributed by atoms with Gasteiger partial charge >= 0.3 is 0 Å². The van der Waals surface area contributed by atoms with E-state index in [0.29, 0.717) is 12.0 Å². The van der Waals surface area contributed by atoms with E-state index in [0.717, 1.165) is 25.3 Å². The molecule has 114 valence electrons. The minimum absolute atomic E-state index is 0.515. The highest BCUT2D eigenvalue weighted by molar-refractivity contribution is 5.35. The third-order valence-corrected chi connectivity index (χ3v) is 3.67. The molecule has 0 aliphatic rings. The summed E-state index contributed by atoms with van der Waals surface area (Å²) in [6, 6.07) is 9.03. The summed E-state index contributed by atoms with van der Waals surface area (Å²) >= 11 is 0. The van der Waals surface area contributed by atoms with Gasteiger partial charge in [0.1, 0.15) is 5.75 Å². The van der Waals surface area contributed by atoms with Gasteiger partial charge in [0, 0.05) is 6.04 Å². The van der Waals surface area contributed by atoms with Crippen molar-refractivity contribution in [1.82, 2.24) is 5.32 Å². The fourth-order valence-corrected chi connectivity index (χ4v) is 2.40. The molecular formula is C18H31NO. The topological polar surface area (TPSA) is 21.3 Å². The highest BCUT2D eigenvalue weighted by Gasteiger charge is 2.08. The van der Waals surface area contributed by atoms with Crippen molar-refractivity contribution in [2.24, 2.45) is 0 Å². The molecule has 1 aromatic rings. The van der Waals surface area contributed by atoms with Crippen LogP contribution in [-0.4, -0.2) is 19.2 Å². The van der Waals surface area contributed by atoms with E-state index < -0.39 is 0 Å². The Kier molecular flexibility index (Phi) is 8.36. The van der Waals surface area contributed by atoms with Crippen LogP contribution in [-0.2, 0) is 0 Å². The van der Waals surface area contributed by atoms with Crippen LogP contribution >= 0.6 is 0 Å². The van der Waals surface area contributed by atoms with E-state index in [2.05, 4.69) is 57.3 Å². The van der Waals surface area contributed by atoms with Crippen LogP contribution in [0.5, 0.6) is 5.75 Å². The highest BCUT2D eigenvalue weighted by Crippen LogP contribution is 2.25. The summed E-state index contributed by atoms with van der Waals surface area (Å²) in [5.41, 5.74) is 1.31. The predicted molar refractivity (Wildman–Crippen MR) is 87.6 cm³/mol. The van der Waals surface area contributed by atoms with Crippen molar-refractivity contribution in [3.8, 4) is 5.75 Å². The Hall–Kier alpha value is -1.02. The van der Waals surface area contributed by atoms with E-state index in [1.54, 1.807) is 0 Å². The molecule has 0 aliphatic carbocycles. The molecule has 0 fully saturated rings. The summed E-state index contributed by atoms with van der Waals surface area (Å²) in [6.45, 7) is 10.8. The quantitative estimate of drug-likeness (QED) is 0.623. The second-order valence-electron chi connectivity index (χ2n) is 5.74. The number of para-hydroxylation sites is 1. The zero-order valence-electron chi connectivity index (χ0n) is 13.6. The van der Waals surface area contributed by atoms with Crippen LogP contribution in [0, 0.1) is 0 Å². The van der Waals surface area contributed by atoms with Crippen molar-refractivity contribution in [3.63, 3.8) is 0 Å². The summed E-state index contributed by atoms with van der Waals surface area (Å²) < 4.78 is 5.97. The van der Waals surface area contributed by atoms with Gasteiger partial charge in [-0.05, 0) is 49.8 Å². The molecule has 0 heterocycles. The van der Waals surface area contributed by atoms with Crippen molar-refractivity contribution in [3.05, 3.63) is 29.8 Å². The highest BCUT2D eigenvalue weighted by atomic mass is 16.5. The molecule has 0 spiro atoms. The molecule has 1 atom stereocenters. The van der Waals surface area contributed by atoms with Gasteiger partial charge in [-0.25, -0.2) is 0 Å². The van der Waals surface area contributed by atoms with Gasteiger partial charge in [0.05, 0.1) is 6.61 Å². The second-order valence-corrected chi connectivity index (χ2v) is 5.74. The first-order chi connectivity index (χ1) is 9.69. The third kappa shape index (κ3) is 5.96. The van der Waals surface area contributed by atoms with Crippen molar-refractivity contribution < 1.29 is 4.74 Å². The lowest BCUT2D eigenvalue weighted by Gasteiger charge is -2.17. The first-order valence-electron chi connectivity index (χ1n) is 8.14. The van der Waals surface area contributed by atoms with E-state index >= 15 is 0 Å². The van der Waals surface area contributed by atoms with Crippen LogP contribution in [0.2, 0.25) is 0 Å². The molecule has 0 bridgehead atoms. The zero-order chi connectivity index (χ0) is 14.8. The maximum absolute atomic E-state index is 5.97. The molecule has 2 nitrogen and oxygen atoms in total. The van der Waals surface area contributed by atoms with Gasteiger partial charge < -0.3 is 10.1 Å². The van der Waals surface area contributed by atoms with E-state index in [1.807, 2.05) is 0 Å². The SMILES string of the molecule is CCCNC(CC)CCCOc1ccccc1C(C)C. The molecule has 20 heavy (non-hydrogen) atoms. The van der Waals surface area contributed by atoms with Gasteiger partial charge in [-0.15, -0.1) is 0 Å². The molecule has 0 saturated carbocycles. The van der Waals surface area contributed by atoms with Gasteiger partial charge in [-0.1, -0.05) is 45.9 Å². The fourth-order valence-electron chi connectivity index (χ4n) is 2.40. The molecule has 1 N–H and O–H groups in total.